The standard InChI is InChI=1S/C31H43N7O2/c32-29(39)28-30(34-24-10-8-21(9-11-24)22-14-17-37(18-15-22)26-12-13-26)36-27(19-33-28)38-16-4-7-25(20-38)35-31(40)23-5-2-1-3-6-23/h8-11,19,22-23,25-26H,1-7,12-18,20H2,(H2,32,39)(H,34,36)(H,35,40)/t25-/m1/s1. The molecule has 0 unspecified atom stereocenters. The summed E-state index contributed by atoms with van der Waals surface area (Å²) >= 11 is 0. The van der Waals surface area contributed by atoms with Crippen molar-refractivity contribution in [1.29, 1.82) is 0 Å². The zero-order chi connectivity index (χ0) is 27.5. The highest BCUT2D eigenvalue weighted by Crippen LogP contribution is 2.35. The number of carbonyl (C=O) groups is 2. The number of nitrogens with two attached hydrogens (primary N) is 1. The number of carbonyl (C=O) groups excluding carboxylic acids is 2. The molecule has 2 saturated carbocycles. The first-order valence-electron chi connectivity index (χ1n) is 15.4. The summed E-state index contributed by atoms with van der Waals surface area (Å²) in [7, 11) is 0. The molecule has 1 atom stereocenters. The largest absolute Gasteiger partial charge is 0.364 e. The van der Waals surface area contributed by atoms with Crippen molar-refractivity contribution in [3.05, 3.63) is 41.7 Å². The molecule has 1 aromatic heterocycles. The van der Waals surface area contributed by atoms with Crippen molar-refractivity contribution in [3.63, 3.8) is 0 Å². The molecule has 2 aliphatic carbocycles. The van der Waals surface area contributed by atoms with Crippen molar-refractivity contribution < 1.29 is 9.59 Å². The lowest BCUT2D eigenvalue weighted by atomic mass is 9.88. The van der Waals surface area contributed by atoms with Gasteiger partial charge in [0.15, 0.2) is 11.5 Å². The Morgan fingerprint density at radius 1 is 0.875 bits per heavy atom. The number of piperidine rings is 2. The summed E-state index contributed by atoms with van der Waals surface area (Å²) in [6.45, 7) is 3.90. The van der Waals surface area contributed by atoms with Gasteiger partial charge < -0.3 is 26.2 Å². The van der Waals surface area contributed by atoms with E-state index >= 15 is 0 Å². The van der Waals surface area contributed by atoms with Gasteiger partial charge in [0.05, 0.1) is 6.20 Å². The number of hydrogen-bond acceptors (Lipinski definition) is 7. The van der Waals surface area contributed by atoms with E-state index in [4.69, 9.17) is 10.7 Å². The first kappa shape index (κ1) is 27.0. The molecular formula is C31H43N7O2. The summed E-state index contributed by atoms with van der Waals surface area (Å²) < 4.78 is 0. The van der Waals surface area contributed by atoms with E-state index < -0.39 is 5.91 Å². The zero-order valence-electron chi connectivity index (χ0n) is 23.5. The number of likely N-dealkylation sites (tertiary alicyclic amines) is 1. The first-order valence-corrected chi connectivity index (χ1v) is 15.4. The predicted molar refractivity (Wildman–Crippen MR) is 157 cm³/mol. The van der Waals surface area contributed by atoms with E-state index in [-0.39, 0.29) is 23.6 Å². The number of benzene rings is 1. The quantitative estimate of drug-likeness (QED) is 0.452. The maximum Gasteiger partial charge on any atom is 0.271 e. The van der Waals surface area contributed by atoms with Crippen LogP contribution in [-0.4, -0.2) is 64.9 Å². The van der Waals surface area contributed by atoms with Crippen LogP contribution in [0.15, 0.2) is 30.5 Å². The highest BCUT2D eigenvalue weighted by molar-refractivity contribution is 5.96. The molecule has 214 valence electrons. The van der Waals surface area contributed by atoms with Gasteiger partial charge in [-0.2, -0.15) is 0 Å². The summed E-state index contributed by atoms with van der Waals surface area (Å²) in [6.07, 6.45) is 14.2. The van der Waals surface area contributed by atoms with Crippen molar-refractivity contribution in [1.82, 2.24) is 20.2 Å². The molecule has 0 spiro atoms. The third-order valence-corrected chi connectivity index (χ3v) is 9.30. The molecule has 3 heterocycles. The van der Waals surface area contributed by atoms with Gasteiger partial charge in [0, 0.05) is 36.8 Å². The number of hydrogen-bond donors (Lipinski definition) is 3. The number of primary amides is 1. The van der Waals surface area contributed by atoms with Crippen LogP contribution in [0.1, 0.15) is 92.6 Å². The molecule has 9 heteroatoms. The summed E-state index contributed by atoms with van der Waals surface area (Å²) in [6, 6.07) is 9.41. The topological polar surface area (TPSA) is 116 Å². The normalized spacial score (nSPS) is 23.1. The Labute approximate surface area is 237 Å². The Morgan fingerprint density at radius 3 is 2.33 bits per heavy atom. The van der Waals surface area contributed by atoms with Crippen LogP contribution in [0.4, 0.5) is 17.3 Å². The number of aromatic nitrogens is 2. The number of nitrogens with one attached hydrogen (secondary N) is 2. The van der Waals surface area contributed by atoms with Crippen LogP contribution in [0.5, 0.6) is 0 Å². The molecule has 1 aromatic carbocycles. The molecule has 0 radical (unpaired) electrons. The summed E-state index contributed by atoms with van der Waals surface area (Å²) in [5.41, 5.74) is 8.00. The minimum atomic E-state index is -0.614. The van der Waals surface area contributed by atoms with Crippen molar-refractivity contribution >= 4 is 29.1 Å². The van der Waals surface area contributed by atoms with Crippen molar-refractivity contribution in [2.24, 2.45) is 11.7 Å². The van der Waals surface area contributed by atoms with Crippen LogP contribution in [-0.2, 0) is 4.79 Å². The molecule has 2 saturated heterocycles. The maximum atomic E-state index is 12.8. The van der Waals surface area contributed by atoms with E-state index in [1.165, 1.54) is 50.8 Å². The fourth-order valence-electron chi connectivity index (χ4n) is 6.80. The maximum absolute atomic E-state index is 12.8. The van der Waals surface area contributed by atoms with Gasteiger partial charge in [0.1, 0.15) is 5.82 Å². The second-order valence-corrected chi connectivity index (χ2v) is 12.2. The highest BCUT2D eigenvalue weighted by atomic mass is 16.2. The van der Waals surface area contributed by atoms with Crippen LogP contribution in [0.25, 0.3) is 0 Å². The molecule has 4 fully saturated rings. The summed E-state index contributed by atoms with van der Waals surface area (Å²) in [4.78, 5) is 39.0. The van der Waals surface area contributed by atoms with Crippen LogP contribution >= 0.6 is 0 Å². The van der Waals surface area contributed by atoms with Gasteiger partial charge in [-0.25, -0.2) is 9.97 Å². The second kappa shape index (κ2) is 12.1. The smallest absolute Gasteiger partial charge is 0.271 e. The average Bonchev–Trinajstić information content (AvgIpc) is 3.84. The lowest BCUT2D eigenvalue weighted by molar-refractivity contribution is -0.126. The predicted octanol–water partition coefficient (Wildman–Crippen LogP) is 4.33. The fraction of sp³-hybridized carbons (Fsp3) is 0.613. The summed E-state index contributed by atoms with van der Waals surface area (Å²) in [5, 5.41) is 6.60. The minimum Gasteiger partial charge on any atom is -0.364 e. The molecule has 2 aromatic rings. The van der Waals surface area contributed by atoms with Gasteiger partial charge in [-0.1, -0.05) is 31.4 Å². The van der Waals surface area contributed by atoms with E-state index in [1.807, 2.05) is 0 Å². The lowest BCUT2D eigenvalue weighted by Gasteiger charge is -2.35. The van der Waals surface area contributed by atoms with E-state index in [9.17, 15) is 9.59 Å². The number of amides is 2. The fourth-order valence-corrected chi connectivity index (χ4v) is 6.80. The van der Waals surface area contributed by atoms with Gasteiger partial charge in [-0.3, -0.25) is 9.59 Å². The molecule has 0 bridgehead atoms. The Balaban J connectivity index is 1.10. The van der Waals surface area contributed by atoms with Gasteiger partial charge in [-0.15, -0.1) is 0 Å². The molecule has 2 amide bonds. The Kier molecular flexibility index (Phi) is 8.18. The molecular weight excluding hydrogens is 502 g/mol. The van der Waals surface area contributed by atoms with Crippen molar-refractivity contribution in [2.75, 3.05) is 36.4 Å². The number of nitrogens with zero attached hydrogens (tertiary/aromatic N) is 4. The average molecular weight is 546 g/mol. The molecule has 4 N–H and O–H groups in total. The van der Waals surface area contributed by atoms with E-state index in [0.717, 1.165) is 56.8 Å². The zero-order valence-corrected chi connectivity index (χ0v) is 23.5. The SMILES string of the molecule is NC(=O)c1ncc(N2CCC[C@@H](NC(=O)C3CCCCC3)C2)nc1Nc1ccc(C2CCN(C3CC3)CC2)cc1. The van der Waals surface area contributed by atoms with Crippen LogP contribution < -0.4 is 21.3 Å². The first-order chi connectivity index (χ1) is 19.5. The second-order valence-electron chi connectivity index (χ2n) is 12.2. The monoisotopic (exact) mass is 545 g/mol. The summed E-state index contributed by atoms with van der Waals surface area (Å²) in [5.74, 6) is 1.38. The van der Waals surface area contributed by atoms with Crippen molar-refractivity contribution in [2.45, 2.75) is 88.6 Å². The lowest BCUT2D eigenvalue weighted by Crippen LogP contribution is -2.49. The number of anilines is 3. The van der Waals surface area contributed by atoms with Gasteiger partial charge >= 0.3 is 0 Å². The van der Waals surface area contributed by atoms with Crippen LogP contribution in [0.2, 0.25) is 0 Å². The van der Waals surface area contributed by atoms with Crippen LogP contribution in [0.3, 0.4) is 0 Å². The Hall–Kier alpha value is -3.20. The Morgan fingerprint density at radius 2 is 1.62 bits per heavy atom. The third-order valence-electron chi connectivity index (χ3n) is 9.30. The van der Waals surface area contributed by atoms with E-state index in [2.05, 4.69) is 49.7 Å². The van der Waals surface area contributed by atoms with Gasteiger partial charge in [-0.05, 0) is 88.1 Å². The minimum absolute atomic E-state index is 0.0842. The molecule has 4 aliphatic rings. The Bertz CT molecular complexity index is 1180. The molecule has 40 heavy (non-hydrogen) atoms. The van der Waals surface area contributed by atoms with E-state index in [0.29, 0.717) is 24.1 Å². The van der Waals surface area contributed by atoms with Gasteiger partial charge in [0.2, 0.25) is 5.91 Å². The molecule has 2 aliphatic heterocycles. The molecule has 6 rings (SSSR count). The molecule has 9 nitrogen and oxygen atoms in total. The number of rotatable bonds is 8. The van der Waals surface area contributed by atoms with Gasteiger partial charge in [0.25, 0.3) is 5.91 Å². The van der Waals surface area contributed by atoms with E-state index in [1.54, 1.807) is 6.20 Å². The highest BCUT2D eigenvalue weighted by Gasteiger charge is 2.32. The third kappa shape index (κ3) is 6.40. The van der Waals surface area contributed by atoms with Crippen LogP contribution in [0, 0.1) is 5.92 Å². The van der Waals surface area contributed by atoms with Crippen molar-refractivity contribution in [3.8, 4) is 0 Å².